The third-order valence-corrected chi connectivity index (χ3v) is 6.26. The number of nitrogens with zero attached hydrogens (tertiary/aromatic N) is 1. The van der Waals surface area contributed by atoms with Gasteiger partial charge < -0.3 is 9.29 Å². The second kappa shape index (κ2) is 8.54. The number of pyridine rings is 1. The van der Waals surface area contributed by atoms with Crippen LogP contribution in [0.5, 0.6) is 0 Å². The van der Waals surface area contributed by atoms with E-state index >= 15 is 0 Å². The highest BCUT2D eigenvalue weighted by molar-refractivity contribution is 7.78. The molecule has 1 saturated carbocycles. The summed E-state index contributed by atoms with van der Waals surface area (Å²) >= 11 is 10.2. The molecule has 1 fully saturated rings. The Kier molecular flexibility index (Phi) is 6.04. The Morgan fingerprint density at radius 1 is 1.07 bits per heavy atom. The number of aromatic nitrogens is 1. The van der Waals surface area contributed by atoms with Crippen molar-refractivity contribution in [2.24, 2.45) is 0 Å². The molecule has 0 radical (unpaired) electrons. The van der Waals surface area contributed by atoms with E-state index in [1.807, 2.05) is 42.6 Å². The van der Waals surface area contributed by atoms with Crippen LogP contribution in [-0.4, -0.2) is 13.7 Å². The summed E-state index contributed by atoms with van der Waals surface area (Å²) in [5, 5.41) is 1.22. The van der Waals surface area contributed by atoms with Crippen LogP contribution >= 0.6 is 23.2 Å². The van der Waals surface area contributed by atoms with Crippen molar-refractivity contribution in [1.29, 1.82) is 0 Å². The number of hydrogen-bond donors (Lipinski definition) is 0. The highest BCUT2D eigenvalue weighted by Gasteiger charge is 2.47. The molecular formula is C22H18Cl2NO3S-. The summed E-state index contributed by atoms with van der Waals surface area (Å²) in [4.78, 5) is 4.31. The molecule has 3 aromatic rings. The maximum absolute atomic E-state index is 11.3. The minimum atomic E-state index is -2.17. The van der Waals surface area contributed by atoms with Crippen molar-refractivity contribution in [3.8, 4) is 11.1 Å². The van der Waals surface area contributed by atoms with Crippen LogP contribution in [0.3, 0.4) is 0 Å². The van der Waals surface area contributed by atoms with Gasteiger partial charge in [-0.3, -0.25) is 9.19 Å². The van der Waals surface area contributed by atoms with Crippen molar-refractivity contribution in [3.05, 3.63) is 87.7 Å². The molecule has 1 heterocycles. The molecule has 0 aliphatic heterocycles. The number of hydrogen-bond acceptors (Lipinski definition) is 4. The van der Waals surface area contributed by atoms with Crippen molar-refractivity contribution >= 4 is 34.3 Å². The molecule has 0 saturated heterocycles. The monoisotopic (exact) mass is 446 g/mol. The fourth-order valence-electron chi connectivity index (χ4n) is 3.50. The van der Waals surface area contributed by atoms with Crippen molar-refractivity contribution in [1.82, 2.24) is 4.98 Å². The van der Waals surface area contributed by atoms with Gasteiger partial charge in [-0.15, -0.1) is 0 Å². The maximum Gasteiger partial charge on any atom is 0.0959 e. The summed E-state index contributed by atoms with van der Waals surface area (Å²) in [5.74, 6) is -0.0378. The Balaban J connectivity index is 1.67. The van der Waals surface area contributed by atoms with Gasteiger partial charge in [-0.25, -0.2) is 0 Å². The van der Waals surface area contributed by atoms with Crippen LogP contribution in [-0.2, 0) is 33.8 Å². The van der Waals surface area contributed by atoms with Crippen LogP contribution < -0.4 is 0 Å². The fourth-order valence-corrected chi connectivity index (χ4v) is 4.38. The Morgan fingerprint density at radius 2 is 1.86 bits per heavy atom. The average molecular weight is 447 g/mol. The average Bonchev–Trinajstić information content (AvgIpc) is 3.50. The largest absolute Gasteiger partial charge is 0.772 e. The lowest BCUT2D eigenvalue weighted by molar-refractivity contribution is 0.0174. The van der Waals surface area contributed by atoms with Gasteiger partial charge in [-0.2, -0.15) is 0 Å². The van der Waals surface area contributed by atoms with E-state index in [9.17, 15) is 8.76 Å². The van der Waals surface area contributed by atoms with Crippen LogP contribution in [0.1, 0.15) is 29.5 Å². The van der Waals surface area contributed by atoms with Crippen LogP contribution in [0.4, 0.5) is 0 Å². The third-order valence-electron chi connectivity index (χ3n) is 5.11. The molecule has 0 bridgehead atoms. The Labute approximate surface area is 182 Å². The zero-order valence-corrected chi connectivity index (χ0v) is 17.8. The molecule has 1 aliphatic carbocycles. The second-order valence-corrected chi connectivity index (χ2v) is 8.78. The molecule has 7 heteroatoms. The standard InChI is InChI=1S/C22H19Cl2NO3S/c23-17-5-6-21(24)16(11-17)13-28-22(8-9-22)20-12-25-10-7-19(20)18-4-2-1-3-15(18)14-29(26)27/h1-7,10-12H,8-9,13-14H2,(H,26,27)/p-1. The highest BCUT2D eigenvalue weighted by Crippen LogP contribution is 2.52. The van der Waals surface area contributed by atoms with Crippen molar-refractivity contribution in [2.45, 2.75) is 30.8 Å². The van der Waals surface area contributed by atoms with Gasteiger partial charge in [0.15, 0.2) is 0 Å². The summed E-state index contributed by atoms with van der Waals surface area (Å²) < 4.78 is 28.9. The molecule has 1 aromatic heterocycles. The van der Waals surface area contributed by atoms with Gasteiger partial charge in [0.05, 0.1) is 12.2 Å². The molecule has 0 spiro atoms. The lowest BCUT2D eigenvalue weighted by Gasteiger charge is -2.22. The van der Waals surface area contributed by atoms with E-state index in [1.165, 1.54) is 0 Å². The summed E-state index contributed by atoms with van der Waals surface area (Å²) in [7, 11) is 0. The van der Waals surface area contributed by atoms with Crippen LogP contribution in [0.2, 0.25) is 10.0 Å². The first-order valence-corrected chi connectivity index (χ1v) is 11.1. The molecule has 1 atom stereocenters. The summed E-state index contributed by atoms with van der Waals surface area (Å²) in [6.45, 7) is 0.333. The van der Waals surface area contributed by atoms with Crippen LogP contribution in [0, 0.1) is 0 Å². The molecule has 29 heavy (non-hydrogen) atoms. The molecule has 150 valence electrons. The van der Waals surface area contributed by atoms with Crippen molar-refractivity contribution in [2.75, 3.05) is 0 Å². The van der Waals surface area contributed by atoms with Gasteiger partial charge in [0, 0.05) is 33.8 Å². The fraction of sp³-hybridized carbons (Fsp3) is 0.227. The summed E-state index contributed by atoms with van der Waals surface area (Å²) in [6.07, 6.45) is 5.25. The minimum absolute atomic E-state index is 0.0378. The Bertz CT molecular complexity index is 1070. The zero-order chi connectivity index (χ0) is 20.4. The van der Waals surface area contributed by atoms with Crippen molar-refractivity contribution in [3.63, 3.8) is 0 Å². The van der Waals surface area contributed by atoms with Gasteiger partial charge in [0.25, 0.3) is 0 Å². The van der Waals surface area contributed by atoms with E-state index in [4.69, 9.17) is 27.9 Å². The van der Waals surface area contributed by atoms with Crippen LogP contribution in [0.25, 0.3) is 11.1 Å². The van der Waals surface area contributed by atoms with E-state index in [2.05, 4.69) is 4.98 Å². The molecule has 0 N–H and O–H groups in total. The second-order valence-electron chi connectivity index (χ2n) is 7.05. The maximum atomic E-state index is 11.3. The first-order valence-electron chi connectivity index (χ1n) is 9.15. The first-order chi connectivity index (χ1) is 14.0. The topological polar surface area (TPSA) is 62.2 Å². The third kappa shape index (κ3) is 4.55. The van der Waals surface area contributed by atoms with Crippen molar-refractivity contribution < 1.29 is 13.5 Å². The Morgan fingerprint density at radius 3 is 2.62 bits per heavy atom. The van der Waals surface area contributed by atoms with Gasteiger partial charge in [0.2, 0.25) is 0 Å². The first kappa shape index (κ1) is 20.5. The lowest BCUT2D eigenvalue weighted by Crippen LogP contribution is -2.14. The van der Waals surface area contributed by atoms with E-state index in [0.717, 1.165) is 40.7 Å². The smallest absolute Gasteiger partial charge is 0.0959 e. The van der Waals surface area contributed by atoms with Gasteiger partial charge >= 0.3 is 0 Å². The van der Waals surface area contributed by atoms with E-state index in [1.54, 1.807) is 18.3 Å². The Hall–Kier alpha value is -1.76. The number of ether oxygens (including phenoxy) is 1. The molecule has 1 aliphatic rings. The molecule has 0 amide bonds. The molecule has 4 rings (SSSR count). The van der Waals surface area contributed by atoms with Gasteiger partial charge in [0.1, 0.15) is 0 Å². The lowest BCUT2D eigenvalue weighted by atomic mass is 9.94. The molecule has 4 nitrogen and oxygen atoms in total. The van der Waals surface area contributed by atoms with Gasteiger partial charge in [-0.1, -0.05) is 58.5 Å². The number of halogens is 2. The molecular weight excluding hydrogens is 429 g/mol. The summed E-state index contributed by atoms with van der Waals surface area (Å²) in [6, 6.07) is 14.8. The number of benzene rings is 2. The van der Waals surface area contributed by atoms with Gasteiger partial charge in [-0.05, 0) is 59.4 Å². The number of rotatable bonds is 7. The summed E-state index contributed by atoms with van der Waals surface area (Å²) in [5.41, 5.74) is 3.90. The predicted octanol–water partition coefficient (Wildman–Crippen LogP) is 5.64. The quantitative estimate of drug-likeness (QED) is 0.440. The minimum Gasteiger partial charge on any atom is -0.772 e. The predicted molar refractivity (Wildman–Crippen MR) is 114 cm³/mol. The highest BCUT2D eigenvalue weighted by atomic mass is 35.5. The normalized spacial score (nSPS) is 15.8. The molecule has 2 aromatic carbocycles. The molecule has 1 unspecified atom stereocenters. The van der Waals surface area contributed by atoms with E-state index in [-0.39, 0.29) is 5.75 Å². The SMILES string of the molecule is O=S([O-])Cc1ccccc1-c1ccncc1C1(OCc2cc(Cl)ccc2Cl)CC1. The van der Waals surface area contributed by atoms with E-state index in [0.29, 0.717) is 16.7 Å². The van der Waals surface area contributed by atoms with E-state index < -0.39 is 16.7 Å². The van der Waals surface area contributed by atoms with Crippen LogP contribution in [0.15, 0.2) is 60.9 Å². The zero-order valence-electron chi connectivity index (χ0n) is 15.4.